The number of aliphatic hydroxyl groups excluding tert-OH is 1. The van der Waals surface area contributed by atoms with E-state index in [1.807, 2.05) is 0 Å². The summed E-state index contributed by atoms with van der Waals surface area (Å²) in [6.45, 7) is 2.51. The average Bonchev–Trinajstić information content (AvgIpc) is 2.99. The van der Waals surface area contributed by atoms with E-state index in [0.29, 0.717) is 12.8 Å². The van der Waals surface area contributed by atoms with Gasteiger partial charge in [-0.25, -0.2) is 9.36 Å². The largest absolute Gasteiger partial charge is 0.480 e. The third-order valence-electron chi connectivity index (χ3n) is 7.40. The maximum atomic E-state index is 12.1. The molecule has 3 unspecified atom stereocenters. The molecule has 11 nitrogen and oxygen atoms in total. The Morgan fingerprint density at radius 2 is 1.05 bits per heavy atom. The number of carboxylic acid groups (broad SMARTS) is 1. The van der Waals surface area contributed by atoms with E-state index in [4.69, 9.17) is 13.8 Å². The molecule has 0 aromatic carbocycles. The van der Waals surface area contributed by atoms with Crippen LogP contribution in [0, 0.1) is 0 Å². The number of aliphatic hydroxyl groups is 1. The Kier molecular flexibility index (Phi) is 27.9. The normalized spacial score (nSPS) is 14.1. The summed E-state index contributed by atoms with van der Waals surface area (Å²) >= 11 is 0. The van der Waals surface area contributed by atoms with Crippen LogP contribution in [-0.4, -0.2) is 64.9 Å². The quantitative estimate of drug-likeness (QED) is 0.0331. The summed E-state index contributed by atoms with van der Waals surface area (Å²) in [6.07, 6.45) is 21.6. The fraction of sp³-hybridized carbons (Fsp3) is 0.906. The van der Waals surface area contributed by atoms with Crippen molar-refractivity contribution in [2.45, 2.75) is 167 Å². The van der Waals surface area contributed by atoms with Crippen molar-refractivity contribution < 1.29 is 47.8 Å². The fourth-order valence-corrected chi connectivity index (χ4v) is 5.44. The van der Waals surface area contributed by atoms with Crippen LogP contribution in [0.25, 0.3) is 0 Å². The van der Waals surface area contributed by atoms with E-state index in [-0.39, 0.29) is 12.8 Å². The van der Waals surface area contributed by atoms with Crippen molar-refractivity contribution in [2.75, 3.05) is 19.8 Å². The van der Waals surface area contributed by atoms with Crippen molar-refractivity contribution in [1.82, 2.24) is 5.32 Å². The lowest BCUT2D eigenvalue weighted by Gasteiger charge is -2.18. The minimum atomic E-state index is -4.73. The van der Waals surface area contributed by atoms with Crippen molar-refractivity contribution in [2.24, 2.45) is 0 Å². The zero-order valence-corrected chi connectivity index (χ0v) is 28.4. The molecule has 0 aromatic rings. The first-order valence-corrected chi connectivity index (χ1v) is 18.6. The number of unbranched alkanes of at least 4 members (excludes halogenated alkanes) is 18. The van der Waals surface area contributed by atoms with E-state index >= 15 is 0 Å². The van der Waals surface area contributed by atoms with Gasteiger partial charge in [0.2, 0.25) is 5.91 Å². The molecule has 0 fully saturated rings. The SMILES string of the molecule is CCCCCCCCCCCCCCC(=O)OCC(O)COP(=O)(O)OCC(NC(=O)CCCCCCCCCC)C(=O)O. The molecule has 0 aromatic heterocycles. The molecule has 0 spiro atoms. The molecule has 260 valence electrons. The molecule has 0 radical (unpaired) electrons. The first-order valence-electron chi connectivity index (χ1n) is 17.1. The van der Waals surface area contributed by atoms with Gasteiger partial charge in [-0.1, -0.05) is 129 Å². The molecular weight excluding hydrogens is 589 g/mol. The highest BCUT2D eigenvalue weighted by Crippen LogP contribution is 2.43. The number of phosphoric ester groups is 1. The summed E-state index contributed by atoms with van der Waals surface area (Å²) in [5.74, 6) is -2.37. The topological polar surface area (TPSA) is 169 Å². The van der Waals surface area contributed by atoms with Crippen LogP contribution in [0.1, 0.15) is 155 Å². The average molecular weight is 652 g/mol. The standard InChI is InChI=1S/C32H62NO10P/c1-3-5-7-9-11-13-14-15-16-18-20-22-24-31(36)41-25-28(34)26-42-44(39,40)43-27-29(32(37)38)33-30(35)23-21-19-17-12-10-8-6-4-2/h28-29,34H,3-27H2,1-2H3,(H,33,35)(H,37,38)(H,39,40). The molecule has 3 atom stereocenters. The third kappa shape index (κ3) is 28.0. The lowest BCUT2D eigenvalue weighted by Crippen LogP contribution is -2.43. The van der Waals surface area contributed by atoms with Crippen molar-refractivity contribution >= 4 is 25.7 Å². The highest BCUT2D eigenvalue weighted by molar-refractivity contribution is 7.47. The van der Waals surface area contributed by atoms with Crippen LogP contribution in [0.4, 0.5) is 0 Å². The number of nitrogens with one attached hydrogen (secondary N) is 1. The Bertz CT molecular complexity index is 782. The van der Waals surface area contributed by atoms with Crippen molar-refractivity contribution in [3.8, 4) is 0 Å². The first-order chi connectivity index (χ1) is 21.1. The molecule has 0 rings (SSSR count). The van der Waals surface area contributed by atoms with Gasteiger partial charge in [-0.2, -0.15) is 0 Å². The summed E-state index contributed by atoms with van der Waals surface area (Å²) in [5, 5.41) is 21.6. The zero-order chi connectivity index (χ0) is 32.9. The molecule has 4 N–H and O–H groups in total. The number of carbonyl (C=O) groups excluding carboxylic acids is 2. The Morgan fingerprint density at radius 1 is 0.636 bits per heavy atom. The lowest BCUT2D eigenvalue weighted by atomic mass is 10.0. The van der Waals surface area contributed by atoms with Crippen molar-refractivity contribution in [3.05, 3.63) is 0 Å². The van der Waals surface area contributed by atoms with Crippen molar-refractivity contribution in [1.29, 1.82) is 0 Å². The van der Waals surface area contributed by atoms with E-state index in [9.17, 15) is 34.1 Å². The van der Waals surface area contributed by atoms with Crippen LogP contribution in [-0.2, 0) is 32.7 Å². The lowest BCUT2D eigenvalue weighted by molar-refractivity contribution is -0.147. The van der Waals surface area contributed by atoms with Crippen LogP contribution >= 0.6 is 7.82 Å². The Morgan fingerprint density at radius 3 is 1.50 bits per heavy atom. The number of hydrogen-bond acceptors (Lipinski definition) is 8. The second-order valence-electron chi connectivity index (χ2n) is 11.7. The van der Waals surface area contributed by atoms with E-state index in [1.165, 1.54) is 77.0 Å². The van der Waals surface area contributed by atoms with Crippen molar-refractivity contribution in [3.63, 3.8) is 0 Å². The van der Waals surface area contributed by atoms with Gasteiger partial charge >= 0.3 is 19.8 Å². The fourth-order valence-electron chi connectivity index (χ4n) is 4.67. The van der Waals surface area contributed by atoms with Gasteiger partial charge in [0, 0.05) is 12.8 Å². The monoisotopic (exact) mass is 651 g/mol. The Balaban J connectivity index is 3.98. The van der Waals surface area contributed by atoms with Gasteiger partial charge in [0.25, 0.3) is 0 Å². The number of rotatable bonds is 32. The molecule has 0 aliphatic rings. The Labute approximate surface area is 265 Å². The number of hydrogen-bond donors (Lipinski definition) is 4. The van der Waals surface area contributed by atoms with Crippen LogP contribution in [0.15, 0.2) is 0 Å². The van der Waals surface area contributed by atoms with Gasteiger partial charge in [0.15, 0.2) is 6.04 Å². The van der Waals surface area contributed by atoms with Crippen LogP contribution in [0.5, 0.6) is 0 Å². The van der Waals surface area contributed by atoms with Crippen LogP contribution in [0.2, 0.25) is 0 Å². The van der Waals surface area contributed by atoms with E-state index < -0.39 is 57.6 Å². The summed E-state index contributed by atoms with van der Waals surface area (Å²) in [5.41, 5.74) is 0. The van der Waals surface area contributed by atoms with Gasteiger partial charge < -0.3 is 25.2 Å². The number of carboxylic acids is 1. The Hall–Kier alpha value is -1.52. The molecule has 1 amide bonds. The van der Waals surface area contributed by atoms with E-state index in [0.717, 1.165) is 38.5 Å². The molecule has 12 heteroatoms. The zero-order valence-electron chi connectivity index (χ0n) is 27.5. The molecule has 0 saturated carbocycles. The van der Waals surface area contributed by atoms with Crippen LogP contribution in [0.3, 0.4) is 0 Å². The smallest absolute Gasteiger partial charge is 0.472 e. The predicted molar refractivity (Wildman–Crippen MR) is 171 cm³/mol. The molecule has 0 aliphatic heterocycles. The molecule has 44 heavy (non-hydrogen) atoms. The number of ether oxygens (including phenoxy) is 1. The number of carbonyl (C=O) groups is 3. The number of phosphoric acid groups is 1. The highest BCUT2D eigenvalue weighted by atomic mass is 31.2. The maximum absolute atomic E-state index is 12.1. The molecule has 0 heterocycles. The van der Waals surface area contributed by atoms with Gasteiger partial charge in [-0.3, -0.25) is 18.6 Å². The van der Waals surface area contributed by atoms with E-state index in [1.54, 1.807) is 0 Å². The van der Waals surface area contributed by atoms with E-state index in [2.05, 4.69) is 19.2 Å². The predicted octanol–water partition coefficient (Wildman–Crippen LogP) is 7.22. The van der Waals surface area contributed by atoms with Gasteiger partial charge in [0.1, 0.15) is 12.7 Å². The summed E-state index contributed by atoms with van der Waals surface area (Å²) in [4.78, 5) is 45.3. The summed E-state index contributed by atoms with van der Waals surface area (Å²) < 4.78 is 26.6. The van der Waals surface area contributed by atoms with Crippen LogP contribution < -0.4 is 5.32 Å². The summed E-state index contributed by atoms with van der Waals surface area (Å²) in [7, 11) is -4.73. The minimum absolute atomic E-state index is 0.149. The van der Waals surface area contributed by atoms with Gasteiger partial charge in [-0.05, 0) is 12.8 Å². The number of aliphatic carboxylic acids is 1. The first kappa shape index (κ1) is 42.5. The van der Waals surface area contributed by atoms with Gasteiger partial charge in [-0.15, -0.1) is 0 Å². The second-order valence-corrected chi connectivity index (χ2v) is 13.2. The molecular formula is C32H62NO10P. The third-order valence-corrected chi connectivity index (χ3v) is 8.35. The summed E-state index contributed by atoms with van der Waals surface area (Å²) in [6, 6.07) is -1.54. The second kappa shape index (κ2) is 28.9. The molecule has 0 saturated heterocycles. The molecule has 0 aliphatic carbocycles. The maximum Gasteiger partial charge on any atom is 0.472 e. The van der Waals surface area contributed by atoms with Gasteiger partial charge in [0.05, 0.1) is 13.2 Å². The highest BCUT2D eigenvalue weighted by Gasteiger charge is 2.28. The number of amides is 1. The minimum Gasteiger partial charge on any atom is -0.480 e. The number of esters is 1. The molecule has 0 bridgehead atoms.